The first-order chi connectivity index (χ1) is 8.07. The highest BCUT2D eigenvalue weighted by Gasteiger charge is 2.12. The number of hydrogen-bond acceptors (Lipinski definition) is 2. The Bertz CT molecular complexity index is 606. The van der Waals surface area contributed by atoms with Crippen molar-refractivity contribution in [2.45, 2.75) is 11.3 Å². The highest BCUT2D eigenvalue weighted by Crippen LogP contribution is 2.17. The summed E-state index contributed by atoms with van der Waals surface area (Å²) < 4.78 is 22.8. The van der Waals surface area contributed by atoms with E-state index in [2.05, 4.69) is 0 Å². The van der Waals surface area contributed by atoms with E-state index in [1.165, 1.54) is 6.07 Å². The van der Waals surface area contributed by atoms with Crippen LogP contribution in [-0.4, -0.2) is 8.42 Å². The summed E-state index contributed by atoms with van der Waals surface area (Å²) in [5, 5.41) is 5.18. The van der Waals surface area contributed by atoms with Gasteiger partial charge in [-0.15, -0.1) is 0 Å². The van der Waals surface area contributed by atoms with Crippen molar-refractivity contribution in [2.24, 2.45) is 5.14 Å². The zero-order valence-electron chi connectivity index (χ0n) is 9.21. The number of sulfonamides is 1. The van der Waals surface area contributed by atoms with E-state index in [0.717, 1.165) is 11.1 Å². The molecule has 0 atom stereocenters. The molecule has 17 heavy (non-hydrogen) atoms. The molecule has 88 valence electrons. The van der Waals surface area contributed by atoms with Gasteiger partial charge in [-0.1, -0.05) is 48.5 Å². The van der Waals surface area contributed by atoms with Gasteiger partial charge in [0.1, 0.15) is 0 Å². The van der Waals surface area contributed by atoms with Crippen LogP contribution in [-0.2, 0) is 16.4 Å². The molecule has 0 saturated carbocycles. The Morgan fingerprint density at radius 1 is 0.882 bits per heavy atom. The van der Waals surface area contributed by atoms with E-state index in [-0.39, 0.29) is 4.90 Å². The molecule has 0 amide bonds. The molecule has 0 aliphatic heterocycles. The monoisotopic (exact) mass is 247 g/mol. The molecule has 3 nitrogen and oxygen atoms in total. The molecule has 0 spiro atoms. The van der Waals surface area contributed by atoms with Gasteiger partial charge in [-0.2, -0.15) is 0 Å². The summed E-state index contributed by atoms with van der Waals surface area (Å²) in [4.78, 5) is 0.198. The van der Waals surface area contributed by atoms with Gasteiger partial charge in [0.2, 0.25) is 10.0 Å². The predicted octanol–water partition coefficient (Wildman–Crippen LogP) is 1.92. The molecule has 0 aliphatic carbocycles. The maximum atomic E-state index is 11.4. The lowest BCUT2D eigenvalue weighted by molar-refractivity contribution is 0.597. The van der Waals surface area contributed by atoms with Crippen molar-refractivity contribution in [1.82, 2.24) is 0 Å². The molecule has 2 N–H and O–H groups in total. The smallest absolute Gasteiger partial charge is 0.225 e. The van der Waals surface area contributed by atoms with Gasteiger partial charge in [-0.3, -0.25) is 0 Å². The summed E-state index contributed by atoms with van der Waals surface area (Å²) in [5.41, 5.74) is 1.78. The zero-order chi connectivity index (χ0) is 12.3. The van der Waals surface area contributed by atoms with E-state index in [4.69, 9.17) is 5.14 Å². The van der Waals surface area contributed by atoms with Crippen LogP contribution in [0.15, 0.2) is 59.5 Å². The Labute approximate surface area is 101 Å². The van der Waals surface area contributed by atoms with Crippen molar-refractivity contribution >= 4 is 10.0 Å². The maximum Gasteiger partial charge on any atom is 0.238 e. The summed E-state index contributed by atoms with van der Waals surface area (Å²) in [5.74, 6) is 0. The van der Waals surface area contributed by atoms with Crippen LogP contribution < -0.4 is 5.14 Å². The van der Waals surface area contributed by atoms with Crippen molar-refractivity contribution in [3.63, 3.8) is 0 Å². The number of nitrogens with two attached hydrogens (primary N) is 1. The third kappa shape index (κ3) is 2.93. The lowest BCUT2D eigenvalue weighted by atomic mass is 10.1. The molecule has 0 radical (unpaired) electrons. The lowest BCUT2D eigenvalue weighted by Crippen LogP contribution is -2.14. The second kappa shape index (κ2) is 4.69. The predicted molar refractivity (Wildman–Crippen MR) is 67.1 cm³/mol. The quantitative estimate of drug-likeness (QED) is 0.900. The van der Waals surface area contributed by atoms with Crippen LogP contribution in [0.4, 0.5) is 0 Å². The van der Waals surface area contributed by atoms with E-state index < -0.39 is 10.0 Å². The zero-order valence-corrected chi connectivity index (χ0v) is 10.0. The van der Waals surface area contributed by atoms with Gasteiger partial charge < -0.3 is 0 Å². The van der Waals surface area contributed by atoms with Gasteiger partial charge in [0.05, 0.1) is 4.90 Å². The van der Waals surface area contributed by atoms with Crippen molar-refractivity contribution in [3.05, 3.63) is 65.7 Å². The fraction of sp³-hybridized carbons (Fsp3) is 0.0769. The minimum atomic E-state index is -3.65. The molecule has 0 heterocycles. The average Bonchev–Trinajstić information content (AvgIpc) is 2.30. The average molecular weight is 247 g/mol. The molecule has 0 bridgehead atoms. The molecule has 4 heteroatoms. The highest BCUT2D eigenvalue weighted by molar-refractivity contribution is 7.89. The van der Waals surface area contributed by atoms with Crippen LogP contribution in [0.2, 0.25) is 0 Å². The van der Waals surface area contributed by atoms with Crippen LogP contribution in [0.5, 0.6) is 0 Å². The summed E-state index contributed by atoms with van der Waals surface area (Å²) in [6, 6.07) is 16.5. The van der Waals surface area contributed by atoms with Gasteiger partial charge in [0.15, 0.2) is 0 Å². The van der Waals surface area contributed by atoms with Crippen LogP contribution in [0.25, 0.3) is 0 Å². The Morgan fingerprint density at radius 3 is 2.12 bits per heavy atom. The molecule has 0 aliphatic rings. The maximum absolute atomic E-state index is 11.4. The first-order valence-electron chi connectivity index (χ1n) is 5.22. The molecule has 2 aromatic rings. The Kier molecular flexibility index (Phi) is 3.26. The summed E-state index contributed by atoms with van der Waals surface area (Å²) >= 11 is 0. The van der Waals surface area contributed by atoms with Crippen LogP contribution in [0, 0.1) is 0 Å². The minimum Gasteiger partial charge on any atom is -0.225 e. The number of primary sulfonamides is 1. The topological polar surface area (TPSA) is 60.2 Å². The van der Waals surface area contributed by atoms with Crippen molar-refractivity contribution < 1.29 is 8.42 Å². The molecule has 0 fully saturated rings. The number of hydrogen-bond donors (Lipinski definition) is 1. The number of benzene rings is 2. The van der Waals surface area contributed by atoms with Crippen molar-refractivity contribution in [3.8, 4) is 0 Å². The van der Waals surface area contributed by atoms with Gasteiger partial charge in [0, 0.05) is 0 Å². The third-order valence-electron chi connectivity index (χ3n) is 2.52. The molecule has 0 saturated heterocycles. The third-order valence-corrected chi connectivity index (χ3v) is 3.53. The molecule has 0 unspecified atom stereocenters. The van der Waals surface area contributed by atoms with E-state index in [9.17, 15) is 8.42 Å². The minimum absolute atomic E-state index is 0.198. The van der Waals surface area contributed by atoms with Gasteiger partial charge in [0.25, 0.3) is 0 Å². The molecule has 0 aromatic heterocycles. The van der Waals surface area contributed by atoms with Crippen molar-refractivity contribution in [2.75, 3.05) is 0 Å². The molecule has 2 aromatic carbocycles. The summed E-state index contributed by atoms with van der Waals surface area (Å²) in [6.07, 6.45) is 0.563. The SMILES string of the molecule is NS(=O)(=O)c1ccccc1Cc1ccccc1. The van der Waals surface area contributed by atoms with Gasteiger partial charge in [-0.05, 0) is 23.6 Å². The fourth-order valence-electron chi connectivity index (χ4n) is 1.74. The number of rotatable bonds is 3. The van der Waals surface area contributed by atoms with E-state index in [1.807, 2.05) is 36.4 Å². The van der Waals surface area contributed by atoms with E-state index in [1.54, 1.807) is 12.1 Å². The summed E-state index contributed by atoms with van der Waals surface area (Å²) in [7, 11) is -3.65. The highest BCUT2D eigenvalue weighted by atomic mass is 32.2. The molecule has 2 rings (SSSR count). The first kappa shape index (κ1) is 11.8. The molecular weight excluding hydrogens is 234 g/mol. The van der Waals surface area contributed by atoms with E-state index in [0.29, 0.717) is 6.42 Å². The largest absolute Gasteiger partial charge is 0.238 e. The Morgan fingerprint density at radius 2 is 1.47 bits per heavy atom. The Balaban J connectivity index is 2.41. The second-order valence-electron chi connectivity index (χ2n) is 3.82. The Hall–Kier alpha value is -1.65. The normalized spacial score (nSPS) is 11.4. The lowest BCUT2D eigenvalue weighted by Gasteiger charge is -2.07. The summed E-state index contributed by atoms with van der Waals surface area (Å²) in [6.45, 7) is 0. The fourth-order valence-corrected chi connectivity index (χ4v) is 2.52. The second-order valence-corrected chi connectivity index (χ2v) is 5.34. The standard InChI is InChI=1S/C13H13NO2S/c14-17(15,16)13-9-5-4-8-12(13)10-11-6-2-1-3-7-11/h1-9H,10H2,(H2,14,15,16). The van der Waals surface area contributed by atoms with Crippen LogP contribution in [0.3, 0.4) is 0 Å². The van der Waals surface area contributed by atoms with Crippen LogP contribution >= 0.6 is 0 Å². The first-order valence-corrected chi connectivity index (χ1v) is 6.76. The van der Waals surface area contributed by atoms with Gasteiger partial charge >= 0.3 is 0 Å². The van der Waals surface area contributed by atoms with Crippen molar-refractivity contribution in [1.29, 1.82) is 0 Å². The van der Waals surface area contributed by atoms with E-state index >= 15 is 0 Å². The van der Waals surface area contributed by atoms with Crippen LogP contribution in [0.1, 0.15) is 11.1 Å². The van der Waals surface area contributed by atoms with Gasteiger partial charge in [-0.25, -0.2) is 13.6 Å². The molecular formula is C13H13NO2S.